The fourth-order valence-corrected chi connectivity index (χ4v) is 3.85. The lowest BCUT2D eigenvalue weighted by Crippen LogP contribution is -2.32. The molecule has 0 unspecified atom stereocenters. The van der Waals surface area contributed by atoms with Gasteiger partial charge < -0.3 is 4.57 Å². The highest BCUT2D eigenvalue weighted by molar-refractivity contribution is 7.89. The van der Waals surface area contributed by atoms with E-state index in [1.54, 1.807) is 18.5 Å². The van der Waals surface area contributed by atoms with Crippen LogP contribution in [0.15, 0.2) is 28.0 Å². The van der Waals surface area contributed by atoms with Gasteiger partial charge in [-0.05, 0) is 22.9 Å². The molecule has 2 heterocycles. The lowest BCUT2D eigenvalue weighted by molar-refractivity contribution is 0.444. The maximum atomic E-state index is 12.6. The van der Waals surface area contributed by atoms with Gasteiger partial charge in [0.1, 0.15) is 0 Å². The molecular weight excluding hydrogens is 332 g/mol. The maximum Gasteiger partial charge on any atom is 0.251 e. The molecule has 132 valence electrons. The van der Waals surface area contributed by atoms with Crippen molar-refractivity contribution in [3.8, 4) is 0 Å². The zero-order chi connectivity index (χ0) is 17.7. The van der Waals surface area contributed by atoms with Gasteiger partial charge in [0, 0.05) is 31.9 Å². The molecule has 0 spiro atoms. The van der Waals surface area contributed by atoms with Crippen LogP contribution < -0.4 is 5.56 Å². The van der Waals surface area contributed by atoms with Crippen molar-refractivity contribution in [3.63, 3.8) is 0 Å². The Morgan fingerprint density at radius 3 is 2.50 bits per heavy atom. The Balaban J connectivity index is 2.39. The fraction of sp³-hybridized carbons (Fsp3) is 0.571. The molecule has 0 atom stereocenters. The minimum atomic E-state index is -3.62. The predicted molar refractivity (Wildman–Crippen MR) is 88.0 cm³/mol. The molecule has 0 N–H and O–H groups in total. The first-order valence-corrected chi connectivity index (χ1v) is 9.33. The lowest BCUT2D eigenvalue weighted by Gasteiger charge is -2.19. The van der Waals surface area contributed by atoms with Crippen molar-refractivity contribution in [2.24, 2.45) is 0 Å². The summed E-state index contributed by atoms with van der Waals surface area (Å²) in [6, 6.07) is 2.59. The number of sulfonamides is 1. The van der Waals surface area contributed by atoms with E-state index in [2.05, 4.69) is 15.5 Å². The van der Waals surface area contributed by atoms with Gasteiger partial charge in [0.2, 0.25) is 10.0 Å². The quantitative estimate of drug-likeness (QED) is 0.676. The Labute approximate surface area is 141 Å². The van der Waals surface area contributed by atoms with Crippen LogP contribution in [0.3, 0.4) is 0 Å². The van der Waals surface area contributed by atoms with Crippen LogP contribution in [0.2, 0.25) is 0 Å². The number of pyridine rings is 1. The van der Waals surface area contributed by atoms with Gasteiger partial charge in [0.25, 0.3) is 5.56 Å². The first-order valence-electron chi connectivity index (χ1n) is 7.89. The average molecular weight is 354 g/mol. The van der Waals surface area contributed by atoms with Crippen LogP contribution in [0.4, 0.5) is 0 Å². The fourth-order valence-electron chi connectivity index (χ4n) is 2.37. The number of aromatic nitrogens is 5. The van der Waals surface area contributed by atoms with Crippen molar-refractivity contribution in [2.75, 3.05) is 13.1 Å². The second kappa shape index (κ2) is 7.67. The molecule has 24 heavy (non-hydrogen) atoms. The minimum absolute atomic E-state index is 0.0836. The number of tetrazole rings is 1. The SMILES string of the molecule is CCCn1nnnc1Cn1cc(S(=O)(=O)N(CC)CC)ccc1=O. The maximum absolute atomic E-state index is 12.6. The van der Waals surface area contributed by atoms with E-state index in [0.29, 0.717) is 25.5 Å². The van der Waals surface area contributed by atoms with Gasteiger partial charge in [-0.1, -0.05) is 20.8 Å². The highest BCUT2D eigenvalue weighted by Gasteiger charge is 2.22. The smallest absolute Gasteiger partial charge is 0.251 e. The second-order valence-corrected chi connectivity index (χ2v) is 7.18. The highest BCUT2D eigenvalue weighted by Crippen LogP contribution is 2.14. The van der Waals surface area contributed by atoms with Crippen LogP contribution in [0.1, 0.15) is 33.0 Å². The summed E-state index contributed by atoms with van der Waals surface area (Å²) >= 11 is 0. The number of hydrogen-bond donors (Lipinski definition) is 0. The third-order valence-corrected chi connectivity index (χ3v) is 5.69. The molecule has 2 aromatic rings. The van der Waals surface area contributed by atoms with Crippen LogP contribution in [0.25, 0.3) is 0 Å². The zero-order valence-electron chi connectivity index (χ0n) is 14.1. The molecule has 0 aliphatic heterocycles. The van der Waals surface area contributed by atoms with Crippen LogP contribution >= 0.6 is 0 Å². The summed E-state index contributed by atoms with van der Waals surface area (Å²) in [7, 11) is -3.62. The molecular formula is C14H22N6O3S. The molecule has 0 radical (unpaired) electrons. The molecule has 9 nitrogen and oxygen atoms in total. The number of aryl methyl sites for hydroxylation is 1. The lowest BCUT2D eigenvalue weighted by atomic mass is 10.4. The van der Waals surface area contributed by atoms with Crippen molar-refractivity contribution in [1.82, 2.24) is 29.1 Å². The molecule has 10 heteroatoms. The van der Waals surface area contributed by atoms with E-state index in [0.717, 1.165) is 6.42 Å². The van der Waals surface area contributed by atoms with E-state index in [1.807, 2.05) is 6.92 Å². The summed E-state index contributed by atoms with van der Waals surface area (Å²) in [6.07, 6.45) is 2.20. The predicted octanol–water partition coefficient (Wildman–Crippen LogP) is 0.324. The van der Waals surface area contributed by atoms with Crippen LogP contribution in [0.5, 0.6) is 0 Å². The van der Waals surface area contributed by atoms with Gasteiger partial charge >= 0.3 is 0 Å². The van der Waals surface area contributed by atoms with Crippen LogP contribution in [0, 0.1) is 0 Å². The Hall–Kier alpha value is -2.07. The van der Waals surface area contributed by atoms with Gasteiger partial charge in [0.15, 0.2) is 5.82 Å². The molecule has 0 fully saturated rings. The summed E-state index contributed by atoms with van der Waals surface area (Å²) in [5.74, 6) is 0.510. The third-order valence-electron chi connectivity index (χ3n) is 3.65. The molecule has 0 saturated carbocycles. The number of rotatable bonds is 8. The summed E-state index contributed by atoms with van der Waals surface area (Å²) < 4.78 is 29.5. The first kappa shape index (κ1) is 18.3. The molecule has 0 aromatic carbocycles. The van der Waals surface area contributed by atoms with E-state index in [4.69, 9.17) is 0 Å². The van der Waals surface area contributed by atoms with Crippen LogP contribution in [-0.2, 0) is 23.1 Å². The summed E-state index contributed by atoms with van der Waals surface area (Å²) in [6.45, 7) is 7.03. The molecule has 2 aromatic heterocycles. The van der Waals surface area contributed by atoms with Crippen LogP contribution in [-0.4, -0.2) is 50.6 Å². The minimum Gasteiger partial charge on any atom is -0.306 e. The van der Waals surface area contributed by atoms with E-state index < -0.39 is 10.0 Å². The standard InChI is InChI=1S/C14H22N6O3S/c1-4-9-20-13(15-16-17-20)11-18-10-12(7-8-14(18)21)24(22,23)19(5-2)6-3/h7-8,10H,4-6,9,11H2,1-3H3. The molecule has 0 aliphatic carbocycles. The largest absolute Gasteiger partial charge is 0.306 e. The molecule has 0 saturated heterocycles. The van der Waals surface area contributed by atoms with E-state index in [-0.39, 0.29) is 17.0 Å². The Morgan fingerprint density at radius 2 is 1.88 bits per heavy atom. The summed E-state index contributed by atoms with van der Waals surface area (Å²) in [5, 5.41) is 11.4. The first-order chi connectivity index (χ1) is 11.4. The van der Waals surface area contributed by atoms with E-state index in [1.165, 1.54) is 27.2 Å². The van der Waals surface area contributed by atoms with Crippen molar-refractivity contribution in [1.29, 1.82) is 0 Å². The highest BCUT2D eigenvalue weighted by atomic mass is 32.2. The molecule has 0 aliphatic rings. The topological polar surface area (TPSA) is 103 Å². The van der Waals surface area contributed by atoms with Gasteiger partial charge in [-0.3, -0.25) is 4.79 Å². The van der Waals surface area contributed by atoms with Gasteiger partial charge in [-0.15, -0.1) is 5.10 Å². The number of nitrogens with zero attached hydrogens (tertiary/aromatic N) is 6. The van der Waals surface area contributed by atoms with E-state index >= 15 is 0 Å². The van der Waals surface area contributed by atoms with Gasteiger partial charge in [0.05, 0.1) is 11.4 Å². The van der Waals surface area contributed by atoms with E-state index in [9.17, 15) is 13.2 Å². The average Bonchev–Trinajstić information content (AvgIpc) is 2.98. The van der Waals surface area contributed by atoms with Crippen molar-refractivity contribution >= 4 is 10.0 Å². The third kappa shape index (κ3) is 3.70. The molecule has 2 rings (SSSR count). The van der Waals surface area contributed by atoms with Gasteiger partial charge in [-0.2, -0.15) is 4.31 Å². The molecule has 0 bridgehead atoms. The number of hydrogen-bond acceptors (Lipinski definition) is 6. The Kier molecular flexibility index (Phi) is 5.84. The summed E-state index contributed by atoms with van der Waals surface area (Å²) in [5.41, 5.74) is -0.306. The molecule has 0 amide bonds. The summed E-state index contributed by atoms with van der Waals surface area (Å²) in [4.78, 5) is 12.2. The second-order valence-electron chi connectivity index (χ2n) is 5.24. The van der Waals surface area contributed by atoms with Gasteiger partial charge in [-0.25, -0.2) is 13.1 Å². The zero-order valence-corrected chi connectivity index (χ0v) is 14.9. The van der Waals surface area contributed by atoms with Crippen molar-refractivity contribution in [2.45, 2.75) is 45.2 Å². The normalized spacial score (nSPS) is 12.0. The Morgan fingerprint density at radius 1 is 1.17 bits per heavy atom. The van der Waals surface area contributed by atoms with Crippen molar-refractivity contribution < 1.29 is 8.42 Å². The Bertz CT molecular complexity index is 838. The van der Waals surface area contributed by atoms with Crippen molar-refractivity contribution in [3.05, 3.63) is 34.5 Å². The monoisotopic (exact) mass is 354 g/mol.